The third-order valence-corrected chi connectivity index (χ3v) is 4.23. The summed E-state index contributed by atoms with van der Waals surface area (Å²) in [5, 5.41) is 13.9. The van der Waals surface area contributed by atoms with Crippen LogP contribution in [0.25, 0.3) is 0 Å². The van der Waals surface area contributed by atoms with Crippen LogP contribution in [0.2, 0.25) is 0 Å². The molecule has 0 aliphatic heterocycles. The number of carbonyl (C=O) groups is 1. The summed E-state index contributed by atoms with van der Waals surface area (Å²) >= 11 is 4.96. The van der Waals surface area contributed by atoms with Gasteiger partial charge < -0.3 is 10.4 Å². The third-order valence-electron chi connectivity index (χ3n) is 2.53. The van der Waals surface area contributed by atoms with E-state index in [-0.39, 0.29) is 5.56 Å². The van der Waals surface area contributed by atoms with Gasteiger partial charge in [0.25, 0.3) is 0 Å². The molecule has 100 valence electrons. The van der Waals surface area contributed by atoms with Crippen LogP contribution in [-0.4, -0.2) is 11.1 Å². The molecule has 0 unspecified atom stereocenters. The number of nitrogens with one attached hydrogen (secondary N) is 1. The quantitative estimate of drug-likeness (QED) is 0.871. The van der Waals surface area contributed by atoms with E-state index in [1.807, 2.05) is 11.4 Å². The summed E-state index contributed by atoms with van der Waals surface area (Å²) in [6, 6.07) is 5.79. The zero-order chi connectivity index (χ0) is 13.8. The molecule has 0 atom stereocenters. The van der Waals surface area contributed by atoms with Gasteiger partial charge in [-0.2, -0.15) is 0 Å². The smallest absolute Gasteiger partial charge is 0.335 e. The van der Waals surface area contributed by atoms with Crippen molar-refractivity contribution in [1.82, 2.24) is 5.32 Å². The molecule has 6 heteroatoms. The number of hydrogen-bond donors (Lipinski definition) is 2. The first-order valence-corrected chi connectivity index (χ1v) is 7.19. The summed E-state index contributed by atoms with van der Waals surface area (Å²) in [6.45, 7) is 0.912. The molecule has 1 aromatic heterocycles. The highest BCUT2D eigenvalue weighted by Gasteiger charge is 2.08. The van der Waals surface area contributed by atoms with Gasteiger partial charge in [0.1, 0.15) is 5.82 Å². The van der Waals surface area contributed by atoms with Crippen molar-refractivity contribution in [3.63, 3.8) is 0 Å². The second-order valence-electron chi connectivity index (χ2n) is 3.95. The monoisotopic (exact) mass is 343 g/mol. The molecule has 0 saturated carbocycles. The van der Waals surface area contributed by atoms with Crippen LogP contribution >= 0.6 is 27.3 Å². The van der Waals surface area contributed by atoms with Crippen molar-refractivity contribution in [1.29, 1.82) is 0 Å². The molecule has 2 N–H and O–H groups in total. The maximum atomic E-state index is 13.5. The number of hydrogen-bond acceptors (Lipinski definition) is 3. The highest BCUT2D eigenvalue weighted by Crippen LogP contribution is 2.19. The Morgan fingerprint density at radius 3 is 2.79 bits per heavy atom. The fourth-order valence-corrected chi connectivity index (χ4v) is 3.03. The van der Waals surface area contributed by atoms with Crippen molar-refractivity contribution in [2.75, 3.05) is 0 Å². The highest BCUT2D eigenvalue weighted by atomic mass is 79.9. The minimum absolute atomic E-state index is 0.0945. The van der Waals surface area contributed by atoms with E-state index >= 15 is 0 Å². The van der Waals surface area contributed by atoms with Gasteiger partial charge in [-0.1, -0.05) is 0 Å². The molecule has 3 nitrogen and oxygen atoms in total. The molecule has 0 saturated heterocycles. The van der Waals surface area contributed by atoms with Gasteiger partial charge in [0.05, 0.1) is 5.56 Å². The van der Waals surface area contributed by atoms with Gasteiger partial charge in [-0.25, -0.2) is 9.18 Å². The molecule has 1 heterocycles. The van der Waals surface area contributed by atoms with Crippen molar-refractivity contribution in [3.05, 3.63) is 55.9 Å². The zero-order valence-corrected chi connectivity index (χ0v) is 12.2. The molecule has 1 aromatic carbocycles. The molecule has 0 bridgehead atoms. The van der Waals surface area contributed by atoms with Crippen LogP contribution < -0.4 is 5.32 Å². The van der Waals surface area contributed by atoms with Gasteiger partial charge in [0, 0.05) is 33.4 Å². The summed E-state index contributed by atoms with van der Waals surface area (Å²) in [4.78, 5) is 11.9. The summed E-state index contributed by atoms with van der Waals surface area (Å²) in [5.74, 6) is -1.45. The minimum atomic E-state index is -1.05. The number of carboxylic acid groups (broad SMARTS) is 1. The summed E-state index contributed by atoms with van der Waals surface area (Å²) < 4.78 is 14.5. The predicted molar refractivity (Wildman–Crippen MR) is 75.9 cm³/mol. The van der Waals surface area contributed by atoms with Crippen LogP contribution in [0.15, 0.2) is 34.1 Å². The first-order chi connectivity index (χ1) is 9.06. The summed E-state index contributed by atoms with van der Waals surface area (Å²) in [6.07, 6.45) is 0. The van der Waals surface area contributed by atoms with E-state index in [1.165, 1.54) is 18.2 Å². The van der Waals surface area contributed by atoms with Crippen LogP contribution in [0.1, 0.15) is 20.8 Å². The lowest BCUT2D eigenvalue weighted by molar-refractivity contribution is 0.0696. The van der Waals surface area contributed by atoms with Gasteiger partial charge in [-0.15, -0.1) is 11.3 Å². The molecule has 0 fully saturated rings. The van der Waals surface area contributed by atoms with Crippen molar-refractivity contribution in [2.45, 2.75) is 13.1 Å². The Kier molecular flexibility index (Phi) is 4.68. The van der Waals surface area contributed by atoms with E-state index in [9.17, 15) is 9.18 Å². The molecule has 0 amide bonds. The first kappa shape index (κ1) is 14.2. The number of aromatic carboxylic acids is 1. The molecular weight excluding hydrogens is 333 g/mol. The van der Waals surface area contributed by atoms with Crippen molar-refractivity contribution in [3.8, 4) is 0 Å². The fraction of sp³-hybridized carbons (Fsp3) is 0.154. The second kappa shape index (κ2) is 6.27. The SMILES string of the molecule is O=C(O)c1ccc(F)c(CNCc2cc(Br)cs2)c1. The van der Waals surface area contributed by atoms with E-state index in [4.69, 9.17) is 5.11 Å². The van der Waals surface area contributed by atoms with Gasteiger partial charge in [-0.05, 0) is 40.2 Å². The first-order valence-electron chi connectivity index (χ1n) is 5.51. The fourth-order valence-electron chi connectivity index (χ4n) is 1.61. The molecule has 0 radical (unpaired) electrons. The average Bonchev–Trinajstić information content (AvgIpc) is 2.77. The number of thiophene rings is 1. The van der Waals surface area contributed by atoms with Gasteiger partial charge in [0.15, 0.2) is 0 Å². The predicted octanol–water partition coefficient (Wildman–Crippen LogP) is 3.64. The third kappa shape index (κ3) is 3.86. The Hall–Kier alpha value is -1.24. The Labute approximate surface area is 122 Å². The molecule has 2 aromatic rings. The van der Waals surface area contributed by atoms with Crippen LogP contribution in [-0.2, 0) is 13.1 Å². The van der Waals surface area contributed by atoms with E-state index in [2.05, 4.69) is 21.2 Å². The number of carboxylic acids is 1. The summed E-state index contributed by atoms with van der Waals surface area (Å²) in [5.41, 5.74) is 0.451. The molecule has 2 rings (SSSR count). The largest absolute Gasteiger partial charge is 0.478 e. The van der Waals surface area contributed by atoms with Gasteiger partial charge in [0.2, 0.25) is 0 Å². The van der Waals surface area contributed by atoms with Crippen LogP contribution in [0, 0.1) is 5.82 Å². The van der Waals surface area contributed by atoms with E-state index < -0.39 is 11.8 Å². The standard InChI is InChI=1S/C13H11BrFNO2S/c14-10-4-11(19-7-10)6-16-5-9-3-8(13(17)18)1-2-12(9)15/h1-4,7,16H,5-6H2,(H,17,18). The Morgan fingerprint density at radius 2 is 2.16 bits per heavy atom. The van der Waals surface area contributed by atoms with Crippen molar-refractivity contribution >= 4 is 33.2 Å². The number of rotatable bonds is 5. The van der Waals surface area contributed by atoms with Crippen molar-refractivity contribution < 1.29 is 14.3 Å². The van der Waals surface area contributed by atoms with Crippen LogP contribution in [0.3, 0.4) is 0 Å². The topological polar surface area (TPSA) is 49.3 Å². The van der Waals surface area contributed by atoms with Crippen molar-refractivity contribution in [2.24, 2.45) is 0 Å². The lowest BCUT2D eigenvalue weighted by Crippen LogP contribution is -2.13. The maximum Gasteiger partial charge on any atom is 0.335 e. The summed E-state index contributed by atoms with van der Waals surface area (Å²) in [7, 11) is 0. The Morgan fingerprint density at radius 1 is 1.37 bits per heavy atom. The van der Waals surface area contributed by atoms with Gasteiger partial charge >= 0.3 is 5.97 Å². The Balaban J connectivity index is 1.99. The van der Waals surface area contributed by atoms with E-state index in [0.29, 0.717) is 18.7 Å². The Bertz CT molecular complexity index is 600. The lowest BCUT2D eigenvalue weighted by Gasteiger charge is -2.06. The molecule has 19 heavy (non-hydrogen) atoms. The maximum absolute atomic E-state index is 13.5. The van der Waals surface area contributed by atoms with Gasteiger partial charge in [-0.3, -0.25) is 0 Å². The second-order valence-corrected chi connectivity index (χ2v) is 5.86. The highest BCUT2D eigenvalue weighted by molar-refractivity contribution is 9.10. The molecule has 0 spiro atoms. The van der Waals surface area contributed by atoms with E-state index in [0.717, 1.165) is 9.35 Å². The minimum Gasteiger partial charge on any atom is -0.478 e. The van der Waals surface area contributed by atoms with E-state index in [1.54, 1.807) is 11.3 Å². The lowest BCUT2D eigenvalue weighted by atomic mass is 10.1. The zero-order valence-electron chi connectivity index (χ0n) is 9.82. The number of benzene rings is 1. The van der Waals surface area contributed by atoms with Crippen LogP contribution in [0.4, 0.5) is 4.39 Å². The normalized spacial score (nSPS) is 10.6. The average molecular weight is 344 g/mol. The molecular formula is C13H11BrFNO2S. The number of halogens is 2. The molecule has 0 aliphatic carbocycles. The van der Waals surface area contributed by atoms with Crippen LogP contribution in [0.5, 0.6) is 0 Å². The molecule has 0 aliphatic rings.